The van der Waals surface area contributed by atoms with Gasteiger partial charge in [0.1, 0.15) is 6.04 Å². The van der Waals surface area contributed by atoms with Gasteiger partial charge in [0.05, 0.1) is 12.7 Å². The fourth-order valence-electron chi connectivity index (χ4n) is 1.03. The first kappa shape index (κ1) is 14.4. The van der Waals surface area contributed by atoms with Crippen molar-refractivity contribution < 1.29 is 14.3 Å². The fourth-order valence-corrected chi connectivity index (χ4v) is 1.03. The highest BCUT2D eigenvalue weighted by molar-refractivity contribution is 5.75. The molecule has 1 N–H and O–H groups in total. The predicted molar refractivity (Wildman–Crippen MR) is 59.8 cm³/mol. The lowest BCUT2D eigenvalue weighted by Gasteiger charge is -2.14. The van der Waals surface area contributed by atoms with E-state index in [1.54, 1.807) is 7.11 Å². The second-order valence-corrected chi connectivity index (χ2v) is 4.49. The number of hydrogen-bond donors (Lipinski definition) is 1. The molecule has 0 aromatic rings. The molecule has 0 bridgehead atoms. The van der Waals surface area contributed by atoms with E-state index in [1.165, 1.54) is 7.11 Å². The standard InChI is InChI=1S/C6H11NO2.C5H12O/c1-9-6(8)5-3-2-4-7-5;1-5(2,3)6-4/h5,7H,2-4H2,1H3;1-4H3. The van der Waals surface area contributed by atoms with Gasteiger partial charge in [0.2, 0.25) is 0 Å². The van der Waals surface area contributed by atoms with Crippen molar-refractivity contribution in [3.63, 3.8) is 0 Å². The van der Waals surface area contributed by atoms with Crippen molar-refractivity contribution in [3.05, 3.63) is 0 Å². The van der Waals surface area contributed by atoms with Crippen molar-refractivity contribution in [2.24, 2.45) is 0 Å². The Labute approximate surface area is 92.3 Å². The summed E-state index contributed by atoms with van der Waals surface area (Å²) in [6.45, 7) is 7.01. The summed E-state index contributed by atoms with van der Waals surface area (Å²) in [7, 11) is 3.13. The van der Waals surface area contributed by atoms with Crippen molar-refractivity contribution in [1.82, 2.24) is 5.32 Å². The topological polar surface area (TPSA) is 47.6 Å². The highest BCUT2D eigenvalue weighted by Gasteiger charge is 2.21. The number of carbonyl (C=O) groups is 1. The van der Waals surface area contributed by atoms with E-state index in [9.17, 15) is 4.79 Å². The molecule has 4 nitrogen and oxygen atoms in total. The monoisotopic (exact) mass is 217 g/mol. The maximum atomic E-state index is 10.7. The van der Waals surface area contributed by atoms with Gasteiger partial charge in [-0.2, -0.15) is 0 Å². The molecule has 0 aliphatic carbocycles. The van der Waals surface area contributed by atoms with Crippen molar-refractivity contribution >= 4 is 5.97 Å². The third kappa shape index (κ3) is 7.33. The number of methoxy groups -OCH3 is 2. The average Bonchev–Trinajstić information content (AvgIpc) is 2.69. The zero-order chi connectivity index (χ0) is 11.9. The van der Waals surface area contributed by atoms with Crippen LogP contribution in [0.25, 0.3) is 0 Å². The number of rotatable bonds is 1. The first-order valence-electron chi connectivity index (χ1n) is 5.27. The maximum Gasteiger partial charge on any atom is 0.322 e. The molecule has 1 fully saturated rings. The molecule has 4 heteroatoms. The van der Waals surface area contributed by atoms with E-state index in [0.29, 0.717) is 0 Å². The van der Waals surface area contributed by atoms with Gasteiger partial charge in [-0.05, 0) is 40.2 Å². The molecule has 0 spiro atoms. The van der Waals surface area contributed by atoms with Gasteiger partial charge in [-0.25, -0.2) is 0 Å². The summed E-state index contributed by atoms with van der Waals surface area (Å²) in [5.74, 6) is -0.132. The van der Waals surface area contributed by atoms with Crippen molar-refractivity contribution in [2.75, 3.05) is 20.8 Å². The molecule has 0 amide bonds. The summed E-state index contributed by atoms with van der Waals surface area (Å²) in [6.07, 6.45) is 2.01. The maximum absolute atomic E-state index is 10.7. The van der Waals surface area contributed by atoms with E-state index in [0.717, 1.165) is 19.4 Å². The molecule has 1 heterocycles. The Hall–Kier alpha value is -0.610. The van der Waals surface area contributed by atoms with Crippen molar-refractivity contribution in [3.8, 4) is 0 Å². The van der Waals surface area contributed by atoms with E-state index in [2.05, 4.69) is 10.1 Å². The first-order chi connectivity index (χ1) is 6.90. The summed E-state index contributed by atoms with van der Waals surface area (Å²) >= 11 is 0. The van der Waals surface area contributed by atoms with Crippen molar-refractivity contribution in [1.29, 1.82) is 0 Å². The van der Waals surface area contributed by atoms with Crippen LogP contribution < -0.4 is 5.32 Å². The molecule has 0 radical (unpaired) electrons. The van der Waals surface area contributed by atoms with Gasteiger partial charge >= 0.3 is 5.97 Å². The van der Waals surface area contributed by atoms with E-state index in [4.69, 9.17) is 4.74 Å². The van der Waals surface area contributed by atoms with E-state index >= 15 is 0 Å². The minimum atomic E-state index is -0.132. The second kappa shape index (κ2) is 6.80. The second-order valence-electron chi connectivity index (χ2n) is 4.49. The highest BCUT2D eigenvalue weighted by atomic mass is 16.5. The quantitative estimate of drug-likeness (QED) is 0.673. The van der Waals surface area contributed by atoms with E-state index in [1.807, 2.05) is 20.8 Å². The summed E-state index contributed by atoms with van der Waals surface area (Å²) in [5.41, 5.74) is 0.0417. The molecule has 1 unspecified atom stereocenters. The van der Waals surface area contributed by atoms with Crippen LogP contribution in [-0.4, -0.2) is 38.4 Å². The van der Waals surface area contributed by atoms with Crippen LogP contribution in [0.15, 0.2) is 0 Å². The van der Waals surface area contributed by atoms with Crippen molar-refractivity contribution in [2.45, 2.75) is 45.3 Å². The Morgan fingerprint density at radius 2 is 1.87 bits per heavy atom. The molecule has 1 aliphatic rings. The Morgan fingerprint density at radius 1 is 1.33 bits per heavy atom. The molecule has 15 heavy (non-hydrogen) atoms. The molecule has 0 saturated carbocycles. The van der Waals surface area contributed by atoms with Gasteiger partial charge in [-0.15, -0.1) is 0 Å². The van der Waals surface area contributed by atoms with E-state index < -0.39 is 0 Å². The van der Waals surface area contributed by atoms with Gasteiger partial charge in [0.15, 0.2) is 0 Å². The minimum absolute atomic E-state index is 0.0324. The Balaban J connectivity index is 0.000000288. The van der Waals surface area contributed by atoms with Crippen LogP contribution in [-0.2, 0) is 14.3 Å². The number of carbonyl (C=O) groups excluding carboxylic acids is 1. The van der Waals surface area contributed by atoms with Crippen LogP contribution in [0, 0.1) is 0 Å². The zero-order valence-electron chi connectivity index (χ0n) is 10.4. The number of esters is 1. The molecular weight excluding hydrogens is 194 g/mol. The summed E-state index contributed by atoms with van der Waals surface area (Å²) in [4.78, 5) is 10.7. The van der Waals surface area contributed by atoms with Crippen LogP contribution in [0.4, 0.5) is 0 Å². The van der Waals surface area contributed by atoms with Gasteiger partial charge in [0.25, 0.3) is 0 Å². The molecule has 0 aromatic carbocycles. The third-order valence-electron chi connectivity index (χ3n) is 2.16. The Bertz CT molecular complexity index is 181. The molecule has 1 saturated heterocycles. The Kier molecular flexibility index (Phi) is 6.52. The first-order valence-corrected chi connectivity index (χ1v) is 5.27. The number of hydrogen-bond acceptors (Lipinski definition) is 4. The van der Waals surface area contributed by atoms with Gasteiger partial charge in [-0.1, -0.05) is 0 Å². The fraction of sp³-hybridized carbons (Fsp3) is 0.909. The summed E-state index contributed by atoms with van der Waals surface area (Å²) in [5, 5.41) is 3.03. The number of nitrogens with one attached hydrogen (secondary N) is 1. The van der Waals surface area contributed by atoms with Gasteiger partial charge in [0, 0.05) is 7.11 Å². The average molecular weight is 217 g/mol. The Morgan fingerprint density at radius 3 is 2.13 bits per heavy atom. The smallest absolute Gasteiger partial charge is 0.322 e. The molecule has 1 atom stereocenters. The van der Waals surface area contributed by atoms with Crippen LogP contribution in [0.1, 0.15) is 33.6 Å². The zero-order valence-corrected chi connectivity index (χ0v) is 10.4. The van der Waals surface area contributed by atoms with Crippen LogP contribution >= 0.6 is 0 Å². The van der Waals surface area contributed by atoms with Crippen LogP contribution in [0.3, 0.4) is 0 Å². The van der Waals surface area contributed by atoms with Crippen LogP contribution in [0.2, 0.25) is 0 Å². The lowest BCUT2D eigenvalue weighted by molar-refractivity contribution is -0.142. The molecule has 1 rings (SSSR count). The largest absolute Gasteiger partial charge is 0.468 e. The minimum Gasteiger partial charge on any atom is -0.468 e. The third-order valence-corrected chi connectivity index (χ3v) is 2.16. The molecule has 1 aliphatic heterocycles. The number of ether oxygens (including phenoxy) is 2. The SMILES string of the molecule is COC(=O)C1CCCN1.COC(C)(C)C. The summed E-state index contributed by atoms with van der Waals surface area (Å²) < 4.78 is 9.47. The predicted octanol–water partition coefficient (Wildman–Crippen LogP) is 1.34. The molecule has 0 aromatic heterocycles. The van der Waals surface area contributed by atoms with Gasteiger partial charge in [-0.3, -0.25) is 4.79 Å². The summed E-state index contributed by atoms with van der Waals surface area (Å²) in [6, 6.07) is -0.0324. The lowest BCUT2D eigenvalue weighted by atomic mass is 10.2. The molecular formula is C11H23NO3. The van der Waals surface area contributed by atoms with E-state index in [-0.39, 0.29) is 17.6 Å². The van der Waals surface area contributed by atoms with Crippen LogP contribution in [0.5, 0.6) is 0 Å². The van der Waals surface area contributed by atoms with Gasteiger partial charge < -0.3 is 14.8 Å². The highest BCUT2D eigenvalue weighted by Crippen LogP contribution is 2.05. The normalized spacial score (nSPS) is 20.5. The molecule has 90 valence electrons. The lowest BCUT2D eigenvalue weighted by Crippen LogP contribution is -2.31.